The summed E-state index contributed by atoms with van der Waals surface area (Å²) in [5, 5.41) is 13.1. The summed E-state index contributed by atoms with van der Waals surface area (Å²) in [6, 6.07) is 0.104. The number of ether oxygens (including phenoxy) is 2. The molecule has 0 aromatic rings. The molecule has 2 N–H and O–H groups in total. The summed E-state index contributed by atoms with van der Waals surface area (Å²) in [4.78, 5) is 0. The van der Waals surface area contributed by atoms with Crippen molar-refractivity contribution in [1.82, 2.24) is 5.32 Å². The Hall–Kier alpha value is -0.160. The van der Waals surface area contributed by atoms with E-state index in [0.29, 0.717) is 13.2 Å². The highest BCUT2D eigenvalue weighted by Gasteiger charge is 2.49. The van der Waals surface area contributed by atoms with Gasteiger partial charge in [-0.15, -0.1) is 0 Å². The first-order valence-corrected chi connectivity index (χ1v) is 4.92. The van der Waals surface area contributed by atoms with E-state index >= 15 is 0 Å². The molecule has 76 valence electrons. The number of likely N-dealkylation sites (N-methyl/N-ethyl adjacent to an activating group) is 1. The zero-order valence-corrected chi connectivity index (χ0v) is 7.95. The molecule has 1 spiro atoms. The van der Waals surface area contributed by atoms with Gasteiger partial charge in [0.25, 0.3) is 0 Å². The summed E-state index contributed by atoms with van der Waals surface area (Å²) in [5.74, 6) is -0.702. The lowest BCUT2D eigenvalue weighted by molar-refractivity contribution is -0.242. The minimum absolute atomic E-state index is 0.104. The third kappa shape index (κ3) is 1.48. The third-order valence-electron chi connectivity index (χ3n) is 3.02. The molecule has 1 aliphatic heterocycles. The number of hydrogen-bond donors (Lipinski definition) is 2. The van der Waals surface area contributed by atoms with E-state index < -0.39 is 11.9 Å². The molecule has 1 saturated carbocycles. The molecule has 4 nitrogen and oxygen atoms in total. The Morgan fingerprint density at radius 1 is 1.38 bits per heavy atom. The number of rotatable bonds is 1. The molecular formula is C9H17NO3. The highest BCUT2D eigenvalue weighted by atomic mass is 16.7. The van der Waals surface area contributed by atoms with Gasteiger partial charge in [-0.3, -0.25) is 0 Å². The second kappa shape index (κ2) is 3.53. The summed E-state index contributed by atoms with van der Waals surface area (Å²) in [6.07, 6.45) is 2.31. The first-order chi connectivity index (χ1) is 6.28. The summed E-state index contributed by atoms with van der Waals surface area (Å²) >= 11 is 0. The van der Waals surface area contributed by atoms with Crippen LogP contribution < -0.4 is 5.32 Å². The first-order valence-electron chi connectivity index (χ1n) is 4.92. The minimum atomic E-state index is -0.702. The Morgan fingerprint density at radius 2 is 2.08 bits per heavy atom. The molecular weight excluding hydrogens is 170 g/mol. The van der Waals surface area contributed by atoms with Crippen LogP contribution in [0.15, 0.2) is 0 Å². The molecule has 2 rings (SSSR count). The van der Waals surface area contributed by atoms with Gasteiger partial charge in [0, 0.05) is 12.5 Å². The predicted molar refractivity (Wildman–Crippen MR) is 47.3 cm³/mol. The van der Waals surface area contributed by atoms with E-state index in [-0.39, 0.29) is 6.04 Å². The normalized spacial score (nSPS) is 38.3. The second-order valence-corrected chi connectivity index (χ2v) is 3.74. The van der Waals surface area contributed by atoms with Gasteiger partial charge in [-0.25, -0.2) is 0 Å². The van der Waals surface area contributed by atoms with Crippen LogP contribution in [0.3, 0.4) is 0 Å². The lowest BCUT2D eigenvalue weighted by Crippen LogP contribution is -2.56. The average Bonchev–Trinajstić information content (AvgIpc) is 2.60. The predicted octanol–water partition coefficient (Wildman–Crippen LogP) is -0.138. The average molecular weight is 187 g/mol. The van der Waals surface area contributed by atoms with Gasteiger partial charge in [0.15, 0.2) is 5.79 Å². The standard InChI is InChI=1S/C9H17NO3/c1-10-7-3-2-4-9(8(7)11)12-5-6-13-9/h7-8,10-11H,2-6H2,1H3/t7-,8+/m0/s1. The van der Waals surface area contributed by atoms with Gasteiger partial charge >= 0.3 is 0 Å². The molecule has 0 bridgehead atoms. The van der Waals surface area contributed by atoms with E-state index in [1.807, 2.05) is 7.05 Å². The van der Waals surface area contributed by atoms with Crippen LogP contribution in [0.1, 0.15) is 19.3 Å². The number of aliphatic hydroxyl groups is 1. The zero-order valence-electron chi connectivity index (χ0n) is 7.95. The van der Waals surface area contributed by atoms with E-state index in [9.17, 15) is 5.11 Å². The molecule has 0 amide bonds. The molecule has 0 aromatic carbocycles. The van der Waals surface area contributed by atoms with E-state index in [4.69, 9.17) is 9.47 Å². The minimum Gasteiger partial charge on any atom is -0.386 e. The maximum Gasteiger partial charge on any atom is 0.196 e. The van der Waals surface area contributed by atoms with Crippen molar-refractivity contribution in [2.75, 3.05) is 20.3 Å². The summed E-state index contributed by atoms with van der Waals surface area (Å²) in [5.41, 5.74) is 0. The Morgan fingerprint density at radius 3 is 2.69 bits per heavy atom. The molecule has 1 heterocycles. The van der Waals surface area contributed by atoms with E-state index in [1.165, 1.54) is 0 Å². The Balaban J connectivity index is 2.09. The van der Waals surface area contributed by atoms with Gasteiger partial charge in [-0.05, 0) is 19.9 Å². The molecule has 1 aliphatic carbocycles. The van der Waals surface area contributed by atoms with Crippen molar-refractivity contribution < 1.29 is 14.6 Å². The molecule has 1 saturated heterocycles. The molecule has 0 radical (unpaired) electrons. The van der Waals surface area contributed by atoms with Gasteiger partial charge in [0.05, 0.1) is 13.2 Å². The van der Waals surface area contributed by atoms with Crippen LogP contribution in [0.5, 0.6) is 0 Å². The van der Waals surface area contributed by atoms with E-state index in [0.717, 1.165) is 19.3 Å². The van der Waals surface area contributed by atoms with Crippen molar-refractivity contribution in [3.05, 3.63) is 0 Å². The molecule has 2 aliphatic rings. The van der Waals surface area contributed by atoms with Crippen molar-refractivity contribution in [3.63, 3.8) is 0 Å². The largest absolute Gasteiger partial charge is 0.386 e. The molecule has 4 heteroatoms. The molecule has 13 heavy (non-hydrogen) atoms. The van der Waals surface area contributed by atoms with Gasteiger partial charge in [0.2, 0.25) is 0 Å². The lowest BCUT2D eigenvalue weighted by Gasteiger charge is -2.40. The van der Waals surface area contributed by atoms with Crippen LogP contribution in [-0.2, 0) is 9.47 Å². The van der Waals surface area contributed by atoms with Gasteiger partial charge in [-0.1, -0.05) is 0 Å². The number of nitrogens with one attached hydrogen (secondary N) is 1. The van der Waals surface area contributed by atoms with Crippen molar-refractivity contribution in [1.29, 1.82) is 0 Å². The summed E-state index contributed by atoms with van der Waals surface area (Å²) in [7, 11) is 1.86. The van der Waals surface area contributed by atoms with Gasteiger partial charge < -0.3 is 19.9 Å². The van der Waals surface area contributed by atoms with Crippen LogP contribution in [-0.4, -0.2) is 43.3 Å². The SMILES string of the molecule is CN[C@H]1CCCC2(OCCO2)[C@@H]1O. The fourth-order valence-electron chi connectivity index (χ4n) is 2.27. The van der Waals surface area contributed by atoms with Crippen molar-refractivity contribution in [2.45, 2.75) is 37.2 Å². The van der Waals surface area contributed by atoms with Gasteiger partial charge in [0.1, 0.15) is 6.10 Å². The smallest absolute Gasteiger partial charge is 0.196 e. The molecule has 0 aromatic heterocycles. The van der Waals surface area contributed by atoms with Crippen LogP contribution in [0, 0.1) is 0 Å². The molecule has 2 fully saturated rings. The Labute approximate surface area is 78.2 Å². The van der Waals surface area contributed by atoms with Crippen LogP contribution in [0.2, 0.25) is 0 Å². The van der Waals surface area contributed by atoms with E-state index in [1.54, 1.807) is 0 Å². The second-order valence-electron chi connectivity index (χ2n) is 3.74. The van der Waals surface area contributed by atoms with Crippen molar-refractivity contribution >= 4 is 0 Å². The van der Waals surface area contributed by atoms with Gasteiger partial charge in [-0.2, -0.15) is 0 Å². The summed E-state index contributed by atoms with van der Waals surface area (Å²) < 4.78 is 11.0. The lowest BCUT2D eigenvalue weighted by atomic mass is 9.87. The number of aliphatic hydroxyl groups excluding tert-OH is 1. The molecule has 2 atom stereocenters. The van der Waals surface area contributed by atoms with Crippen molar-refractivity contribution in [3.8, 4) is 0 Å². The topological polar surface area (TPSA) is 50.7 Å². The fraction of sp³-hybridized carbons (Fsp3) is 1.00. The quantitative estimate of drug-likeness (QED) is 0.600. The molecule has 0 unspecified atom stereocenters. The van der Waals surface area contributed by atoms with E-state index in [2.05, 4.69) is 5.32 Å². The summed E-state index contributed by atoms with van der Waals surface area (Å²) in [6.45, 7) is 1.21. The Kier molecular flexibility index (Phi) is 2.55. The highest BCUT2D eigenvalue weighted by Crippen LogP contribution is 2.35. The zero-order chi connectivity index (χ0) is 9.31. The van der Waals surface area contributed by atoms with Crippen LogP contribution in [0.25, 0.3) is 0 Å². The maximum absolute atomic E-state index is 10.0. The maximum atomic E-state index is 10.0. The van der Waals surface area contributed by atoms with Crippen LogP contribution in [0.4, 0.5) is 0 Å². The first kappa shape index (κ1) is 9.40. The highest BCUT2D eigenvalue weighted by molar-refractivity contribution is 4.94. The van der Waals surface area contributed by atoms with Crippen molar-refractivity contribution in [2.24, 2.45) is 0 Å². The third-order valence-corrected chi connectivity index (χ3v) is 3.02. The monoisotopic (exact) mass is 187 g/mol. The van der Waals surface area contributed by atoms with Crippen LogP contribution >= 0.6 is 0 Å². The Bertz CT molecular complexity index is 180. The number of hydrogen-bond acceptors (Lipinski definition) is 4. The fourth-order valence-corrected chi connectivity index (χ4v) is 2.27.